The lowest BCUT2D eigenvalue weighted by Crippen LogP contribution is -2.02. The molecule has 0 heterocycles. The monoisotopic (exact) mass is 212 g/mol. The van der Waals surface area contributed by atoms with Gasteiger partial charge in [-0.05, 0) is 0 Å². The maximum Gasteiger partial charge on any atom is -0.274 e. The molecule has 0 radical (unpaired) electrons. The molecular formula is H24N2O10. The van der Waals surface area contributed by atoms with Gasteiger partial charge in [-0.3, -0.25) is 11.7 Å². The predicted octanol–water partition coefficient (Wildman–Crippen LogP) is -9.43. The number of hydrazine groups is 1. The number of hydrogen-bond donors (Lipinski definition) is 2. The molecule has 0 amide bonds. The standard InChI is InChI=1S/H4N2.10H2O/c1-2;;;;;;;;;;/h1-2H2;10*1H2. The van der Waals surface area contributed by atoms with Gasteiger partial charge in [-0.15, -0.1) is 0 Å². The summed E-state index contributed by atoms with van der Waals surface area (Å²) in [5.41, 5.74) is 0. The normalized spacial score (nSPS) is 0.500. The van der Waals surface area contributed by atoms with Gasteiger partial charge in [0.05, 0.1) is 0 Å². The van der Waals surface area contributed by atoms with Crippen LogP contribution in [0.1, 0.15) is 0 Å². The smallest absolute Gasteiger partial charge is 0.274 e. The van der Waals surface area contributed by atoms with Crippen LogP contribution in [0.5, 0.6) is 0 Å². The molecule has 0 fully saturated rings. The lowest BCUT2D eigenvalue weighted by Gasteiger charge is -1.27. The van der Waals surface area contributed by atoms with Crippen molar-refractivity contribution in [1.82, 2.24) is 0 Å². The molecule has 24 N–H and O–H groups in total. The van der Waals surface area contributed by atoms with Crippen molar-refractivity contribution in [3.05, 3.63) is 0 Å². The molecule has 94 valence electrons. The minimum absolute atomic E-state index is 0. The molecule has 0 unspecified atom stereocenters. The predicted molar refractivity (Wildman–Crippen MR) is 44.5 cm³/mol. The van der Waals surface area contributed by atoms with Crippen molar-refractivity contribution in [2.75, 3.05) is 0 Å². The fourth-order valence-corrected chi connectivity index (χ4v) is 0. The summed E-state index contributed by atoms with van der Waals surface area (Å²) < 4.78 is 0. The highest BCUT2D eigenvalue weighted by Crippen LogP contribution is -0.0189. The van der Waals surface area contributed by atoms with Crippen LogP contribution in [0.25, 0.3) is 0 Å². The second-order valence-corrected chi connectivity index (χ2v) is 0. The van der Waals surface area contributed by atoms with Gasteiger partial charge in [0.15, 0.2) is 0 Å². The van der Waals surface area contributed by atoms with E-state index in [0.29, 0.717) is 0 Å². The Labute approximate surface area is 67.8 Å². The van der Waals surface area contributed by atoms with Crippen molar-refractivity contribution in [2.45, 2.75) is 0 Å². The third-order valence-electron chi connectivity index (χ3n) is 0. The third-order valence-corrected chi connectivity index (χ3v) is 0. The summed E-state index contributed by atoms with van der Waals surface area (Å²) in [6.45, 7) is 0. The van der Waals surface area contributed by atoms with Gasteiger partial charge in [-0.25, -0.2) is 0 Å². The van der Waals surface area contributed by atoms with Crippen molar-refractivity contribution in [2.24, 2.45) is 11.7 Å². The van der Waals surface area contributed by atoms with Gasteiger partial charge in [0.25, 0.3) is 0 Å². The fourth-order valence-electron chi connectivity index (χ4n) is 0. The van der Waals surface area contributed by atoms with Crippen molar-refractivity contribution >= 4 is 0 Å². The van der Waals surface area contributed by atoms with Gasteiger partial charge in [-0.1, -0.05) is 0 Å². The van der Waals surface area contributed by atoms with Gasteiger partial charge in [0.2, 0.25) is 0 Å². The molecule has 0 aliphatic heterocycles. The third kappa shape index (κ3) is 3000. The summed E-state index contributed by atoms with van der Waals surface area (Å²) >= 11 is 0. The summed E-state index contributed by atoms with van der Waals surface area (Å²) in [5.74, 6) is 8.00. The molecular weight excluding hydrogens is 188 g/mol. The van der Waals surface area contributed by atoms with E-state index in [1.54, 1.807) is 0 Å². The Balaban J connectivity index is -0.000000000111. The summed E-state index contributed by atoms with van der Waals surface area (Å²) in [4.78, 5) is 0. The van der Waals surface area contributed by atoms with E-state index >= 15 is 0 Å². The van der Waals surface area contributed by atoms with Gasteiger partial charge < -0.3 is 54.8 Å². The average Bonchev–Trinajstić information content (AvgIpc) is 1.00. The summed E-state index contributed by atoms with van der Waals surface area (Å²) in [5, 5.41) is 0. The molecule has 0 aromatic carbocycles. The van der Waals surface area contributed by atoms with E-state index < -0.39 is 0 Å². The van der Waals surface area contributed by atoms with Crippen molar-refractivity contribution in [1.29, 1.82) is 0 Å². The van der Waals surface area contributed by atoms with Crippen molar-refractivity contribution in [3.8, 4) is 0 Å². The van der Waals surface area contributed by atoms with Gasteiger partial charge >= 0.3 is 0 Å². The largest absolute Gasteiger partial charge is 0.412 e. The van der Waals surface area contributed by atoms with Crippen LogP contribution in [-0.4, -0.2) is 54.8 Å². The molecule has 12 heavy (non-hydrogen) atoms. The molecule has 0 rings (SSSR count). The maximum atomic E-state index is 4.00. The van der Waals surface area contributed by atoms with Crippen LogP contribution in [-0.2, 0) is 0 Å². The average molecular weight is 212 g/mol. The molecule has 0 aliphatic rings. The zero-order valence-electron chi connectivity index (χ0n) is 6.15. The van der Waals surface area contributed by atoms with E-state index in [9.17, 15) is 0 Å². The quantitative estimate of drug-likeness (QED) is 0.291. The maximum absolute atomic E-state index is 4.00. The Hall–Kier alpha value is -0.480. The fraction of sp³-hybridized carbons (Fsp3) is 0. The molecule has 0 atom stereocenters. The number of rotatable bonds is 0. The highest BCUT2D eigenvalue weighted by Gasteiger charge is 0.726. The van der Waals surface area contributed by atoms with E-state index in [4.69, 9.17) is 0 Å². The van der Waals surface area contributed by atoms with E-state index in [1.165, 1.54) is 0 Å². The highest BCUT2D eigenvalue weighted by atomic mass is 16.0. The molecule has 12 nitrogen and oxygen atoms in total. The minimum atomic E-state index is 0. The topological polar surface area (TPSA) is 367 Å². The van der Waals surface area contributed by atoms with Crippen LogP contribution in [0, 0.1) is 0 Å². The van der Waals surface area contributed by atoms with E-state index in [2.05, 4.69) is 11.7 Å². The van der Waals surface area contributed by atoms with Gasteiger partial charge in [-0.2, -0.15) is 0 Å². The van der Waals surface area contributed by atoms with E-state index in [-0.39, 0.29) is 54.8 Å². The molecule has 12 heteroatoms. The first-order chi connectivity index (χ1) is 1.00. The van der Waals surface area contributed by atoms with Crippen LogP contribution in [0.2, 0.25) is 0 Å². The zero-order valence-corrected chi connectivity index (χ0v) is 6.15. The minimum Gasteiger partial charge on any atom is -0.412 e. The summed E-state index contributed by atoms with van der Waals surface area (Å²) in [6, 6.07) is 0. The Morgan fingerprint density at radius 3 is 0.250 bits per heavy atom. The van der Waals surface area contributed by atoms with E-state index in [1.807, 2.05) is 0 Å². The number of nitrogens with two attached hydrogens (primary N) is 2. The van der Waals surface area contributed by atoms with Crippen molar-refractivity contribution in [3.63, 3.8) is 0 Å². The lowest BCUT2D eigenvalue weighted by atomic mass is 13.0. The molecule has 0 aromatic heterocycles. The first-order valence-electron chi connectivity index (χ1n) is 0.333. The van der Waals surface area contributed by atoms with Crippen LogP contribution in [0.15, 0.2) is 0 Å². The first-order valence-corrected chi connectivity index (χ1v) is 0.333. The molecule has 0 saturated carbocycles. The molecule has 0 aromatic rings. The molecule has 0 bridgehead atoms. The Kier molecular flexibility index (Phi) is 1630000. The second-order valence-electron chi connectivity index (χ2n) is 0. The number of hydrogen-bond acceptors (Lipinski definition) is 2. The van der Waals surface area contributed by atoms with Crippen LogP contribution < -0.4 is 11.7 Å². The van der Waals surface area contributed by atoms with Gasteiger partial charge in [0, 0.05) is 0 Å². The second kappa shape index (κ2) is 4140. The zero-order chi connectivity index (χ0) is 2.00. The van der Waals surface area contributed by atoms with E-state index in [0.717, 1.165) is 0 Å². The summed E-state index contributed by atoms with van der Waals surface area (Å²) in [7, 11) is 0. The summed E-state index contributed by atoms with van der Waals surface area (Å²) in [6.07, 6.45) is 0. The van der Waals surface area contributed by atoms with Crippen LogP contribution in [0.4, 0.5) is 0 Å². The highest BCUT2D eigenvalue weighted by molar-refractivity contribution is 3.26. The Bertz CT molecular complexity index is 7.80. The molecule has 0 spiro atoms. The lowest BCUT2D eigenvalue weighted by molar-refractivity contribution is 0.823. The molecule has 0 saturated heterocycles. The van der Waals surface area contributed by atoms with Gasteiger partial charge in [0.1, 0.15) is 0 Å². The van der Waals surface area contributed by atoms with Crippen LogP contribution in [0.3, 0.4) is 0 Å². The van der Waals surface area contributed by atoms with Crippen LogP contribution >= 0.6 is 0 Å². The Morgan fingerprint density at radius 2 is 0.250 bits per heavy atom. The Morgan fingerprint density at radius 1 is 0.250 bits per heavy atom. The van der Waals surface area contributed by atoms with Crippen molar-refractivity contribution < 1.29 is 54.8 Å². The first kappa shape index (κ1) is 4710. The SMILES string of the molecule is NN.O.O.O.O.O.O.O.O.O.O. The molecule has 0 aliphatic carbocycles.